The van der Waals surface area contributed by atoms with Crippen LogP contribution < -0.4 is 5.32 Å². The van der Waals surface area contributed by atoms with Gasteiger partial charge >= 0.3 is 0 Å². The van der Waals surface area contributed by atoms with Gasteiger partial charge in [-0.3, -0.25) is 9.59 Å². The molecule has 1 atom stereocenters. The van der Waals surface area contributed by atoms with Gasteiger partial charge in [-0.15, -0.1) is 0 Å². The Bertz CT molecular complexity index is 1050. The number of hydrogen-bond acceptors (Lipinski definition) is 3. The second kappa shape index (κ2) is 6.75. The van der Waals surface area contributed by atoms with Crippen LogP contribution in [0.2, 0.25) is 0 Å². The van der Waals surface area contributed by atoms with Gasteiger partial charge in [-0.1, -0.05) is 30.3 Å². The number of amides is 2. The Morgan fingerprint density at radius 3 is 2.74 bits per heavy atom. The van der Waals surface area contributed by atoms with E-state index in [2.05, 4.69) is 10.3 Å². The third-order valence-corrected chi connectivity index (χ3v) is 4.53. The molecule has 0 spiro atoms. The SMILES string of the molecule is O=C1NCCN(C(=O)c2ccc3cccc(F)c3n2)C1c1cccc(F)c1. The van der Waals surface area contributed by atoms with Gasteiger partial charge in [-0.25, -0.2) is 13.8 Å². The molecule has 1 unspecified atom stereocenters. The molecule has 136 valence electrons. The molecule has 5 nitrogen and oxygen atoms in total. The van der Waals surface area contributed by atoms with Gasteiger partial charge in [0.1, 0.15) is 28.9 Å². The summed E-state index contributed by atoms with van der Waals surface area (Å²) in [5, 5.41) is 3.26. The minimum atomic E-state index is -0.972. The molecule has 1 saturated heterocycles. The Labute approximate surface area is 153 Å². The first-order chi connectivity index (χ1) is 13.0. The van der Waals surface area contributed by atoms with Crippen LogP contribution in [0.15, 0.2) is 54.6 Å². The highest BCUT2D eigenvalue weighted by Gasteiger charge is 2.35. The first-order valence-corrected chi connectivity index (χ1v) is 8.44. The summed E-state index contributed by atoms with van der Waals surface area (Å²) in [5.74, 6) is -1.93. The molecule has 27 heavy (non-hydrogen) atoms. The summed E-state index contributed by atoms with van der Waals surface area (Å²) in [6.45, 7) is 0.515. The zero-order chi connectivity index (χ0) is 19.0. The molecule has 4 rings (SSSR count). The van der Waals surface area contributed by atoms with E-state index < -0.39 is 29.5 Å². The minimum Gasteiger partial charge on any atom is -0.352 e. The average molecular weight is 367 g/mol. The summed E-state index contributed by atoms with van der Waals surface area (Å²) in [7, 11) is 0. The number of carbonyl (C=O) groups is 2. The summed E-state index contributed by atoms with van der Waals surface area (Å²) >= 11 is 0. The van der Waals surface area contributed by atoms with E-state index in [-0.39, 0.29) is 24.3 Å². The maximum Gasteiger partial charge on any atom is 0.273 e. The highest BCUT2D eigenvalue weighted by atomic mass is 19.1. The van der Waals surface area contributed by atoms with Crippen LogP contribution in [-0.2, 0) is 4.79 Å². The first kappa shape index (κ1) is 17.1. The Morgan fingerprint density at radius 2 is 1.93 bits per heavy atom. The standard InChI is InChI=1S/C20H15F2N3O2/c21-14-5-1-4-13(11-14)18-19(26)23-9-10-25(18)20(27)16-8-7-12-3-2-6-15(22)17(12)24-16/h1-8,11,18H,9-10H2,(H,23,26). The lowest BCUT2D eigenvalue weighted by atomic mass is 10.0. The van der Waals surface area contributed by atoms with Crippen LogP contribution in [0, 0.1) is 11.6 Å². The lowest BCUT2D eigenvalue weighted by Gasteiger charge is -2.35. The molecule has 0 bridgehead atoms. The number of aromatic nitrogens is 1. The number of halogens is 2. The molecule has 2 heterocycles. The fourth-order valence-electron chi connectivity index (χ4n) is 3.27. The minimum absolute atomic E-state index is 0.0312. The van der Waals surface area contributed by atoms with Crippen LogP contribution in [0.4, 0.5) is 8.78 Å². The molecular weight excluding hydrogens is 352 g/mol. The number of nitrogens with zero attached hydrogens (tertiary/aromatic N) is 2. The zero-order valence-corrected chi connectivity index (χ0v) is 14.2. The average Bonchev–Trinajstić information content (AvgIpc) is 2.67. The van der Waals surface area contributed by atoms with Gasteiger partial charge in [0, 0.05) is 18.5 Å². The van der Waals surface area contributed by atoms with E-state index in [1.54, 1.807) is 24.3 Å². The molecule has 2 aromatic carbocycles. The molecule has 1 fully saturated rings. The number of hydrogen-bond donors (Lipinski definition) is 1. The Balaban J connectivity index is 1.74. The van der Waals surface area contributed by atoms with Crippen molar-refractivity contribution in [3.05, 3.63) is 77.5 Å². The molecule has 0 radical (unpaired) electrons. The van der Waals surface area contributed by atoms with E-state index in [0.29, 0.717) is 10.9 Å². The van der Waals surface area contributed by atoms with Gasteiger partial charge in [0.15, 0.2) is 0 Å². The topological polar surface area (TPSA) is 62.3 Å². The number of benzene rings is 2. The van der Waals surface area contributed by atoms with Crippen molar-refractivity contribution in [3.8, 4) is 0 Å². The number of piperazine rings is 1. The number of fused-ring (bicyclic) bond motifs is 1. The number of pyridine rings is 1. The van der Waals surface area contributed by atoms with E-state index in [9.17, 15) is 18.4 Å². The van der Waals surface area contributed by atoms with Crippen molar-refractivity contribution < 1.29 is 18.4 Å². The summed E-state index contributed by atoms with van der Waals surface area (Å²) < 4.78 is 27.7. The molecule has 0 saturated carbocycles. The third-order valence-electron chi connectivity index (χ3n) is 4.53. The van der Waals surface area contributed by atoms with Crippen LogP contribution in [-0.4, -0.2) is 34.8 Å². The zero-order valence-electron chi connectivity index (χ0n) is 14.2. The van der Waals surface area contributed by atoms with E-state index in [0.717, 1.165) is 0 Å². The second-order valence-electron chi connectivity index (χ2n) is 6.26. The van der Waals surface area contributed by atoms with Gasteiger partial charge in [-0.2, -0.15) is 0 Å². The van der Waals surface area contributed by atoms with Gasteiger partial charge in [-0.05, 0) is 29.8 Å². The fraction of sp³-hybridized carbons (Fsp3) is 0.150. The monoisotopic (exact) mass is 367 g/mol. The molecule has 1 aliphatic rings. The number of nitrogens with one attached hydrogen (secondary N) is 1. The highest BCUT2D eigenvalue weighted by Crippen LogP contribution is 2.26. The maximum atomic E-state index is 14.0. The lowest BCUT2D eigenvalue weighted by Crippen LogP contribution is -2.52. The van der Waals surface area contributed by atoms with Crippen molar-refractivity contribution in [2.45, 2.75) is 6.04 Å². The lowest BCUT2D eigenvalue weighted by molar-refractivity contribution is -0.128. The van der Waals surface area contributed by atoms with E-state index in [4.69, 9.17) is 0 Å². The Hall–Kier alpha value is -3.35. The second-order valence-corrected chi connectivity index (χ2v) is 6.26. The van der Waals surface area contributed by atoms with Gasteiger partial charge in [0.2, 0.25) is 5.91 Å². The normalized spacial score (nSPS) is 17.0. The van der Waals surface area contributed by atoms with Crippen molar-refractivity contribution >= 4 is 22.7 Å². The Kier molecular flexibility index (Phi) is 4.27. The van der Waals surface area contributed by atoms with Crippen molar-refractivity contribution in [2.24, 2.45) is 0 Å². The molecule has 1 aromatic heterocycles. The predicted molar refractivity (Wildman–Crippen MR) is 94.9 cm³/mol. The van der Waals surface area contributed by atoms with E-state index in [1.807, 2.05) is 0 Å². The summed E-state index contributed by atoms with van der Waals surface area (Å²) in [6, 6.07) is 12.2. The molecule has 0 aliphatic carbocycles. The number of rotatable bonds is 2. The number of carbonyl (C=O) groups excluding carboxylic acids is 2. The predicted octanol–water partition coefficient (Wildman–Crippen LogP) is 2.83. The molecule has 3 aromatic rings. The molecule has 1 aliphatic heterocycles. The molecule has 1 N–H and O–H groups in total. The fourth-order valence-corrected chi connectivity index (χ4v) is 3.27. The maximum absolute atomic E-state index is 14.0. The van der Waals surface area contributed by atoms with Crippen LogP contribution in [0.3, 0.4) is 0 Å². The van der Waals surface area contributed by atoms with Crippen molar-refractivity contribution in [1.29, 1.82) is 0 Å². The molecular formula is C20H15F2N3O2. The van der Waals surface area contributed by atoms with Gasteiger partial charge < -0.3 is 10.2 Å². The van der Waals surface area contributed by atoms with Crippen molar-refractivity contribution in [3.63, 3.8) is 0 Å². The first-order valence-electron chi connectivity index (χ1n) is 8.44. The largest absolute Gasteiger partial charge is 0.352 e. The summed E-state index contributed by atoms with van der Waals surface area (Å²) in [5.41, 5.74) is 0.489. The Morgan fingerprint density at radius 1 is 1.11 bits per heavy atom. The highest BCUT2D eigenvalue weighted by molar-refractivity contribution is 5.98. The van der Waals surface area contributed by atoms with Gasteiger partial charge in [0.25, 0.3) is 5.91 Å². The third kappa shape index (κ3) is 3.12. The summed E-state index contributed by atoms with van der Waals surface area (Å²) in [6.07, 6.45) is 0. The smallest absolute Gasteiger partial charge is 0.273 e. The van der Waals surface area contributed by atoms with Crippen LogP contribution in [0.5, 0.6) is 0 Å². The van der Waals surface area contributed by atoms with E-state index in [1.165, 1.54) is 35.2 Å². The van der Waals surface area contributed by atoms with Crippen LogP contribution in [0.25, 0.3) is 10.9 Å². The van der Waals surface area contributed by atoms with Gasteiger partial charge in [0.05, 0.1) is 0 Å². The molecule has 2 amide bonds. The summed E-state index contributed by atoms with van der Waals surface area (Å²) in [4.78, 5) is 30.9. The van der Waals surface area contributed by atoms with Crippen LogP contribution in [0.1, 0.15) is 22.1 Å². The van der Waals surface area contributed by atoms with Crippen molar-refractivity contribution in [1.82, 2.24) is 15.2 Å². The quantitative estimate of drug-likeness (QED) is 0.758. The number of para-hydroxylation sites is 1. The molecule has 7 heteroatoms. The van der Waals surface area contributed by atoms with Crippen molar-refractivity contribution in [2.75, 3.05) is 13.1 Å². The van der Waals surface area contributed by atoms with E-state index >= 15 is 0 Å². The van der Waals surface area contributed by atoms with Crippen LogP contribution >= 0.6 is 0 Å².